The number of para-hydroxylation sites is 2. The van der Waals surface area contributed by atoms with Crippen LogP contribution in [0.4, 0.5) is 0 Å². The normalized spacial score (nSPS) is 11.9. The van der Waals surface area contributed by atoms with Crippen LogP contribution in [0.3, 0.4) is 0 Å². The SMILES string of the molecule is COC(=O)[C@@H](Cc1ccc2ccccc2n1)NC(=O)c1ccc2ccccc2n1. The third-order valence-electron chi connectivity index (χ3n) is 4.69. The van der Waals surface area contributed by atoms with Gasteiger partial charge in [0.15, 0.2) is 0 Å². The van der Waals surface area contributed by atoms with Gasteiger partial charge >= 0.3 is 5.97 Å². The molecule has 0 bridgehead atoms. The molecule has 0 saturated heterocycles. The van der Waals surface area contributed by atoms with Gasteiger partial charge in [-0.1, -0.05) is 48.5 Å². The number of carbonyl (C=O) groups is 2. The molecule has 144 valence electrons. The summed E-state index contributed by atoms with van der Waals surface area (Å²) in [4.78, 5) is 34.0. The summed E-state index contributed by atoms with van der Waals surface area (Å²) in [5.41, 5.74) is 2.47. The zero-order chi connectivity index (χ0) is 20.2. The van der Waals surface area contributed by atoms with E-state index in [0.29, 0.717) is 11.2 Å². The molecule has 0 radical (unpaired) electrons. The first kappa shape index (κ1) is 18.6. The van der Waals surface area contributed by atoms with Crippen molar-refractivity contribution >= 4 is 33.7 Å². The number of hydrogen-bond donors (Lipinski definition) is 1. The van der Waals surface area contributed by atoms with Gasteiger partial charge in [-0.3, -0.25) is 9.78 Å². The molecular weight excluding hydrogens is 366 g/mol. The number of benzene rings is 2. The molecule has 0 aliphatic rings. The Labute approximate surface area is 167 Å². The summed E-state index contributed by atoms with van der Waals surface area (Å²) >= 11 is 0. The highest BCUT2D eigenvalue weighted by Crippen LogP contribution is 2.14. The fourth-order valence-electron chi connectivity index (χ4n) is 3.19. The largest absolute Gasteiger partial charge is 0.467 e. The summed E-state index contributed by atoms with van der Waals surface area (Å²) in [5.74, 6) is -0.971. The molecule has 2 aromatic heterocycles. The molecule has 0 fully saturated rings. The van der Waals surface area contributed by atoms with E-state index in [1.165, 1.54) is 7.11 Å². The summed E-state index contributed by atoms with van der Waals surface area (Å²) in [6.45, 7) is 0. The Morgan fingerprint density at radius 2 is 1.48 bits per heavy atom. The number of pyridine rings is 2. The third-order valence-corrected chi connectivity index (χ3v) is 4.69. The second kappa shape index (κ2) is 8.06. The summed E-state index contributed by atoms with van der Waals surface area (Å²) < 4.78 is 4.88. The number of hydrogen-bond acceptors (Lipinski definition) is 5. The van der Waals surface area contributed by atoms with Crippen LogP contribution in [0, 0.1) is 0 Å². The molecule has 0 saturated carbocycles. The van der Waals surface area contributed by atoms with E-state index in [1.54, 1.807) is 6.07 Å². The number of esters is 1. The van der Waals surface area contributed by atoms with E-state index in [9.17, 15) is 9.59 Å². The summed E-state index contributed by atoms with van der Waals surface area (Å²) in [6, 6.07) is 21.6. The number of methoxy groups -OCH3 is 1. The molecule has 0 aliphatic carbocycles. The van der Waals surface area contributed by atoms with E-state index in [1.807, 2.05) is 66.7 Å². The Hall–Kier alpha value is -3.80. The Morgan fingerprint density at radius 3 is 2.17 bits per heavy atom. The number of ether oxygens (including phenoxy) is 1. The van der Waals surface area contributed by atoms with Crippen molar-refractivity contribution in [3.63, 3.8) is 0 Å². The smallest absolute Gasteiger partial charge is 0.328 e. The van der Waals surface area contributed by atoms with Crippen LogP contribution < -0.4 is 5.32 Å². The van der Waals surface area contributed by atoms with E-state index in [0.717, 1.165) is 16.3 Å². The average Bonchev–Trinajstić information content (AvgIpc) is 2.77. The van der Waals surface area contributed by atoms with Crippen molar-refractivity contribution in [3.8, 4) is 0 Å². The molecule has 2 aromatic carbocycles. The van der Waals surface area contributed by atoms with Crippen LogP contribution in [0.25, 0.3) is 21.8 Å². The number of aromatic nitrogens is 2. The lowest BCUT2D eigenvalue weighted by Crippen LogP contribution is -2.43. The highest BCUT2D eigenvalue weighted by molar-refractivity contribution is 5.97. The highest BCUT2D eigenvalue weighted by Gasteiger charge is 2.24. The summed E-state index contributed by atoms with van der Waals surface area (Å²) in [5, 5.41) is 4.68. The molecule has 6 nitrogen and oxygen atoms in total. The minimum Gasteiger partial charge on any atom is -0.467 e. The van der Waals surface area contributed by atoms with E-state index < -0.39 is 17.9 Å². The van der Waals surface area contributed by atoms with Gasteiger partial charge in [-0.15, -0.1) is 0 Å². The van der Waals surface area contributed by atoms with Crippen molar-refractivity contribution in [2.45, 2.75) is 12.5 Å². The fraction of sp³-hybridized carbons (Fsp3) is 0.130. The molecule has 2 heterocycles. The Bertz CT molecular complexity index is 1210. The predicted octanol–water partition coefficient (Wildman–Crippen LogP) is 3.30. The molecule has 0 aliphatic heterocycles. The minimum absolute atomic E-state index is 0.219. The molecule has 0 unspecified atom stereocenters. The van der Waals surface area contributed by atoms with E-state index in [2.05, 4.69) is 15.3 Å². The average molecular weight is 385 g/mol. The first-order chi connectivity index (χ1) is 14.1. The van der Waals surface area contributed by atoms with E-state index in [-0.39, 0.29) is 12.1 Å². The number of rotatable bonds is 5. The van der Waals surface area contributed by atoms with Gasteiger partial charge in [-0.25, -0.2) is 9.78 Å². The van der Waals surface area contributed by atoms with Gasteiger partial charge in [0.25, 0.3) is 5.91 Å². The topological polar surface area (TPSA) is 81.2 Å². The molecule has 4 aromatic rings. The maximum absolute atomic E-state index is 12.7. The van der Waals surface area contributed by atoms with Crippen LogP contribution in [0.2, 0.25) is 0 Å². The fourth-order valence-corrected chi connectivity index (χ4v) is 3.19. The Morgan fingerprint density at radius 1 is 0.862 bits per heavy atom. The summed E-state index contributed by atoms with van der Waals surface area (Å²) in [6.07, 6.45) is 0.219. The monoisotopic (exact) mass is 385 g/mol. The van der Waals surface area contributed by atoms with Gasteiger partial charge in [0, 0.05) is 22.9 Å². The van der Waals surface area contributed by atoms with Gasteiger partial charge in [0.1, 0.15) is 11.7 Å². The van der Waals surface area contributed by atoms with Crippen molar-refractivity contribution < 1.29 is 14.3 Å². The number of nitrogens with zero attached hydrogens (tertiary/aromatic N) is 2. The van der Waals surface area contributed by atoms with Crippen LogP contribution in [-0.2, 0) is 16.0 Å². The highest BCUT2D eigenvalue weighted by atomic mass is 16.5. The van der Waals surface area contributed by atoms with Gasteiger partial charge in [0.05, 0.1) is 18.1 Å². The number of nitrogens with one attached hydrogen (secondary N) is 1. The second-order valence-corrected chi connectivity index (χ2v) is 6.64. The standard InChI is InChI=1S/C23H19N3O3/c1-29-23(28)21(14-17-12-10-15-6-2-4-8-18(15)24-17)26-22(27)20-13-11-16-7-3-5-9-19(16)25-20/h2-13,21H,14H2,1H3,(H,26,27)/t21-/m1/s1. The van der Waals surface area contributed by atoms with Crippen molar-refractivity contribution in [2.75, 3.05) is 7.11 Å². The van der Waals surface area contributed by atoms with Crippen LogP contribution in [0.15, 0.2) is 72.8 Å². The van der Waals surface area contributed by atoms with Crippen molar-refractivity contribution in [2.24, 2.45) is 0 Å². The second-order valence-electron chi connectivity index (χ2n) is 6.64. The van der Waals surface area contributed by atoms with Gasteiger partial charge in [0.2, 0.25) is 0 Å². The zero-order valence-electron chi connectivity index (χ0n) is 15.8. The van der Waals surface area contributed by atoms with E-state index >= 15 is 0 Å². The molecule has 6 heteroatoms. The maximum atomic E-state index is 12.7. The van der Waals surface area contributed by atoms with Gasteiger partial charge < -0.3 is 10.1 Å². The van der Waals surface area contributed by atoms with Crippen LogP contribution in [0.5, 0.6) is 0 Å². The van der Waals surface area contributed by atoms with Crippen molar-refractivity contribution in [3.05, 3.63) is 84.2 Å². The molecule has 4 rings (SSSR count). The third kappa shape index (κ3) is 4.06. The Balaban J connectivity index is 1.57. The first-order valence-corrected chi connectivity index (χ1v) is 9.23. The first-order valence-electron chi connectivity index (χ1n) is 9.23. The molecule has 1 amide bonds. The van der Waals surface area contributed by atoms with Crippen molar-refractivity contribution in [1.82, 2.24) is 15.3 Å². The van der Waals surface area contributed by atoms with Crippen LogP contribution >= 0.6 is 0 Å². The molecular formula is C23H19N3O3. The lowest BCUT2D eigenvalue weighted by atomic mass is 10.1. The number of fused-ring (bicyclic) bond motifs is 2. The van der Waals surface area contributed by atoms with Gasteiger partial charge in [-0.05, 0) is 24.3 Å². The van der Waals surface area contributed by atoms with Crippen molar-refractivity contribution in [1.29, 1.82) is 0 Å². The van der Waals surface area contributed by atoms with Crippen LogP contribution in [0.1, 0.15) is 16.2 Å². The lowest BCUT2D eigenvalue weighted by Gasteiger charge is -2.16. The van der Waals surface area contributed by atoms with Gasteiger partial charge in [-0.2, -0.15) is 0 Å². The molecule has 0 spiro atoms. The minimum atomic E-state index is -0.866. The quantitative estimate of drug-likeness (QED) is 0.533. The molecule has 1 N–H and O–H groups in total. The number of carbonyl (C=O) groups excluding carboxylic acids is 2. The predicted molar refractivity (Wildman–Crippen MR) is 110 cm³/mol. The van der Waals surface area contributed by atoms with E-state index in [4.69, 9.17) is 4.74 Å². The molecule has 29 heavy (non-hydrogen) atoms. The zero-order valence-corrected chi connectivity index (χ0v) is 15.8. The summed E-state index contributed by atoms with van der Waals surface area (Å²) in [7, 11) is 1.30. The molecule has 1 atom stereocenters. The Kier molecular flexibility index (Phi) is 5.16. The number of amides is 1. The van der Waals surface area contributed by atoms with Crippen LogP contribution in [-0.4, -0.2) is 35.0 Å². The lowest BCUT2D eigenvalue weighted by molar-refractivity contribution is -0.142. The maximum Gasteiger partial charge on any atom is 0.328 e.